The molecule has 28 heteroatoms. The van der Waals surface area contributed by atoms with E-state index in [2.05, 4.69) is 112 Å². The summed E-state index contributed by atoms with van der Waals surface area (Å²) in [4.78, 5) is 23.3. The molecule has 0 amide bonds. The number of alkyl halides is 6. The van der Waals surface area contributed by atoms with E-state index in [1.807, 2.05) is 127 Å². The predicted octanol–water partition coefficient (Wildman–Crippen LogP) is 15.8. The van der Waals surface area contributed by atoms with Gasteiger partial charge in [-0.25, -0.2) is 0 Å². The molecule has 0 bridgehead atoms. The largest absolute Gasteiger partial charge is 1.00 e. The van der Waals surface area contributed by atoms with Crippen LogP contribution < -0.4 is 39.0 Å². The van der Waals surface area contributed by atoms with E-state index in [4.69, 9.17) is 35.4 Å². The minimum Gasteiger partial charge on any atom is -1.00 e. The minimum atomic E-state index is -4.69. The fourth-order valence-corrected chi connectivity index (χ4v) is 8.62. The second kappa shape index (κ2) is 42.5. The first-order valence-corrected chi connectivity index (χ1v) is 27.9. The third-order valence-electron chi connectivity index (χ3n) is 9.51. The number of hydrogen-bond donors (Lipinski definition) is 4. The number of rotatable bonds is 8. The molecule has 14 nitrogen and oxygen atoms in total. The molecule has 2 atom stereocenters. The zero-order chi connectivity index (χ0) is 60.3. The van der Waals surface area contributed by atoms with Gasteiger partial charge in [0.15, 0.2) is 15.7 Å². The first-order valence-electron chi connectivity index (χ1n) is 23.4. The quantitative estimate of drug-likeness (QED) is 0.0130. The van der Waals surface area contributed by atoms with Crippen molar-refractivity contribution in [2.75, 3.05) is 0 Å². The van der Waals surface area contributed by atoms with E-state index in [0.29, 0.717) is 21.4 Å². The molecule has 7 aromatic rings. The Hall–Kier alpha value is -5.36. The number of nitrogens with zero attached hydrogens (tertiary/aromatic N) is 5. The van der Waals surface area contributed by atoms with Gasteiger partial charge in [0.05, 0.1) is 0 Å². The van der Waals surface area contributed by atoms with Crippen LogP contribution in [0.25, 0.3) is 6.08 Å². The SMILES string of the molecule is C/C(=N\O)Sc1ccccc1.C=Cc1ccc(C)cc1.FC(F)(F)Oc1ccc([C@@H]2CC(Sc3ccccc3)=NO2)cc1.FC(F)(F)Oc1ccc([C@H]2CC(Sc3ccccc3)=NO2)cc1.O=[N+]([O-])O.ON=C(Br)Br.Sc1ccccc1.[Ag].[H-].[Na+]. The Morgan fingerprint density at radius 2 is 1.00 bits per heavy atom. The van der Waals surface area contributed by atoms with Crippen LogP contribution in [0.4, 0.5) is 26.3 Å². The van der Waals surface area contributed by atoms with Crippen LogP contribution in [-0.2, 0) is 32.1 Å². The summed E-state index contributed by atoms with van der Waals surface area (Å²) >= 11 is 14.1. The van der Waals surface area contributed by atoms with Crippen molar-refractivity contribution in [2.45, 2.75) is 71.2 Å². The van der Waals surface area contributed by atoms with E-state index in [1.54, 1.807) is 31.2 Å². The van der Waals surface area contributed by atoms with Gasteiger partial charge in [-0.15, -0.1) is 49.1 Å². The van der Waals surface area contributed by atoms with Gasteiger partial charge in [-0.1, -0.05) is 195 Å². The molecule has 0 aromatic heterocycles. The van der Waals surface area contributed by atoms with E-state index in [-0.39, 0.29) is 77.1 Å². The maximum Gasteiger partial charge on any atom is 1.00 e. The average molecular weight is 1470 g/mol. The average Bonchev–Trinajstić information content (AvgIpc) is 4.21. The van der Waals surface area contributed by atoms with Crippen LogP contribution in [-0.4, -0.2) is 52.1 Å². The van der Waals surface area contributed by atoms with E-state index >= 15 is 0 Å². The van der Waals surface area contributed by atoms with Gasteiger partial charge >= 0.3 is 42.3 Å². The number of thioether (sulfide) groups is 3. The Bertz CT molecular complexity index is 2970. The molecule has 0 unspecified atom stereocenters. The maximum atomic E-state index is 12.1. The van der Waals surface area contributed by atoms with Crippen LogP contribution in [0.3, 0.4) is 0 Å². The van der Waals surface area contributed by atoms with Gasteiger partial charge in [0.2, 0.25) is 0 Å². The smallest absolute Gasteiger partial charge is 1.00 e. The van der Waals surface area contributed by atoms with Gasteiger partial charge in [-0.3, -0.25) is 0 Å². The molecule has 0 fully saturated rings. The number of oxime groups is 4. The molecule has 84 heavy (non-hydrogen) atoms. The molecule has 2 aliphatic rings. The number of halogens is 8. The topological polar surface area (TPSA) is 190 Å². The summed E-state index contributed by atoms with van der Waals surface area (Å²) in [6.07, 6.45) is -6.94. The third-order valence-corrected chi connectivity index (χ3v) is 13.0. The maximum absolute atomic E-state index is 12.1. The van der Waals surface area contributed by atoms with E-state index < -0.39 is 17.8 Å². The summed E-state index contributed by atoms with van der Waals surface area (Å²) < 4.78 is 80.8. The minimum absolute atomic E-state index is 0. The van der Waals surface area contributed by atoms with E-state index in [1.165, 1.54) is 70.7 Å². The molecular weight excluding hydrogens is 1420 g/mol. The van der Waals surface area contributed by atoms with Crippen molar-refractivity contribution in [3.63, 3.8) is 0 Å². The van der Waals surface area contributed by atoms with Crippen LogP contribution in [0.2, 0.25) is 0 Å². The molecule has 0 spiro atoms. The summed E-state index contributed by atoms with van der Waals surface area (Å²) in [7, 11) is 0. The third kappa shape index (κ3) is 35.8. The standard InChI is InChI=1S/2C16H12F3NO2S.C9H10.C8H9NOS.C6H6S.CHBr2NO.Ag.HNO3.Na.H/c2*17-16(18,19)21-12-8-6-11(7-9-12)14-10-15(20-22-14)23-13-4-2-1-3-5-13;1-3-9-6-4-8(2)5-7-9;1-7(9-10)11-8-5-3-2-4-6-8;7-6-4-2-1-3-5-6;2-1(3)4-5;;2-1(3)4;;/h2*1-9,14H,10H2;3-7H,1H2,2H3;2-6,10H,1H3;1-5,7H;5H;;(H,2,3,4);;/q;;;;;;;;+1;-1/b;;;9-7+;;;;;;/t2*14-;;;;;;;;/m10......../s1. The predicted molar refractivity (Wildman–Crippen MR) is 322 cm³/mol. The fraction of sp³-hybridized carbons (Fsp3) is 0.143. The number of thiol groups is 1. The van der Waals surface area contributed by atoms with Gasteiger partial charge in [-0.2, -0.15) is 0 Å². The van der Waals surface area contributed by atoms with Crippen molar-refractivity contribution in [1.82, 2.24) is 0 Å². The molecule has 0 saturated heterocycles. The second-order valence-corrected chi connectivity index (χ2v) is 22.3. The Kier molecular flexibility index (Phi) is 38.7. The summed E-state index contributed by atoms with van der Waals surface area (Å²) in [6, 6.07) is 58.7. The fourth-order valence-electron chi connectivity index (χ4n) is 6.02. The van der Waals surface area contributed by atoms with Crippen molar-refractivity contribution in [3.05, 3.63) is 233 Å². The molecule has 1 radical (unpaired) electrons. The van der Waals surface area contributed by atoms with Crippen LogP contribution in [0, 0.1) is 17.0 Å². The van der Waals surface area contributed by atoms with Crippen molar-refractivity contribution in [3.8, 4) is 11.5 Å². The molecule has 0 saturated carbocycles. The Labute approximate surface area is 555 Å². The summed E-state index contributed by atoms with van der Waals surface area (Å²) in [5.74, 6) is -0.502. The first kappa shape index (κ1) is 76.7. The number of benzene rings is 7. The Morgan fingerprint density at radius 1 is 0.667 bits per heavy atom. The molecule has 9 rings (SSSR count). The molecule has 3 N–H and O–H groups in total. The number of ether oxygens (including phenoxy) is 2. The summed E-state index contributed by atoms with van der Waals surface area (Å²) in [6.45, 7) is 7.50. The zero-order valence-corrected chi connectivity index (χ0v) is 54.4. The molecular formula is C56H52AgBr2F6N5NaO9S4. The monoisotopic (exact) mass is 1470 g/mol. The molecule has 2 heterocycles. The molecule has 7 aromatic carbocycles. The van der Waals surface area contributed by atoms with Crippen LogP contribution in [0.1, 0.15) is 55.7 Å². The molecule has 447 valence electrons. The first-order chi connectivity index (χ1) is 39.0. The van der Waals surface area contributed by atoms with Crippen molar-refractivity contribution in [1.29, 1.82) is 0 Å². The van der Waals surface area contributed by atoms with E-state index in [9.17, 15) is 26.3 Å². The number of aryl methyl sites for hydroxylation is 1. The van der Waals surface area contributed by atoms with Crippen molar-refractivity contribution < 1.29 is 120 Å². The van der Waals surface area contributed by atoms with Crippen LogP contribution in [0.5, 0.6) is 11.5 Å². The van der Waals surface area contributed by atoms with Crippen LogP contribution >= 0.6 is 79.8 Å². The Morgan fingerprint density at radius 3 is 1.29 bits per heavy atom. The normalized spacial score (nSPS) is 13.5. The van der Waals surface area contributed by atoms with Crippen molar-refractivity contribution in [2.24, 2.45) is 20.6 Å². The van der Waals surface area contributed by atoms with Gasteiger partial charge < -0.3 is 36.2 Å². The van der Waals surface area contributed by atoms with Gasteiger partial charge in [0, 0.05) is 54.8 Å². The molecule has 0 aliphatic carbocycles. The van der Waals surface area contributed by atoms with Gasteiger partial charge in [-0.05, 0) is 135 Å². The number of hydrogen-bond acceptors (Lipinski definition) is 16. The van der Waals surface area contributed by atoms with Crippen molar-refractivity contribution >= 4 is 105 Å². The Balaban J connectivity index is 0.00000105. The summed E-state index contributed by atoms with van der Waals surface area (Å²) in [5.41, 5.74) is 3.99. The molecule has 2 aliphatic heterocycles. The second-order valence-electron chi connectivity index (χ2n) is 15.7. The van der Waals surface area contributed by atoms with Gasteiger partial charge in [0.1, 0.15) is 26.6 Å². The summed E-state index contributed by atoms with van der Waals surface area (Å²) in [5, 5.41) is 45.7. The zero-order valence-electron chi connectivity index (χ0n) is 45.4. The van der Waals surface area contributed by atoms with Crippen LogP contribution in [0.15, 0.2) is 241 Å². The van der Waals surface area contributed by atoms with Gasteiger partial charge in [0.25, 0.3) is 5.09 Å². The van der Waals surface area contributed by atoms with E-state index in [0.717, 1.165) is 40.8 Å².